The lowest BCUT2D eigenvalue weighted by molar-refractivity contribution is 0.868. The predicted octanol–water partition coefficient (Wildman–Crippen LogP) is 15.8. The lowest BCUT2D eigenvalue weighted by Crippen LogP contribution is -1.92. The van der Waals surface area contributed by atoms with Crippen molar-refractivity contribution in [3.63, 3.8) is 0 Å². The van der Waals surface area contributed by atoms with E-state index in [1.807, 2.05) is 0 Å². The molecule has 0 fully saturated rings. The largest absolute Gasteiger partial charge is 0.0587 e. The van der Waals surface area contributed by atoms with Gasteiger partial charge in [0, 0.05) is 0 Å². The highest BCUT2D eigenvalue weighted by atomic mass is 14.2. The molecule has 8 aromatic carbocycles. The van der Waals surface area contributed by atoms with E-state index in [2.05, 4.69) is 189 Å². The number of benzene rings is 8. The van der Waals surface area contributed by atoms with Crippen LogP contribution >= 0.6 is 0 Å². The Hall–Kier alpha value is -5.20. The summed E-state index contributed by atoms with van der Waals surface area (Å²) in [5, 5.41) is 10.6. The Bertz CT molecular complexity index is 2410. The molecule has 8 aromatic rings. The smallest absolute Gasteiger partial charge is 0.00962 e. The molecule has 0 saturated carbocycles. The van der Waals surface area contributed by atoms with E-state index < -0.39 is 0 Å². The molecule has 52 heavy (non-hydrogen) atoms. The molecule has 0 aliphatic heterocycles. The normalized spacial score (nSPS) is 12.2. The van der Waals surface area contributed by atoms with Gasteiger partial charge in [-0.2, -0.15) is 0 Å². The van der Waals surface area contributed by atoms with Crippen molar-refractivity contribution in [1.29, 1.82) is 0 Å². The van der Waals surface area contributed by atoms with E-state index in [-0.39, 0.29) is 0 Å². The van der Waals surface area contributed by atoms with Crippen LogP contribution in [0.25, 0.3) is 76.5 Å². The fraction of sp³-hybridized carbons (Fsp3) is 0.231. The van der Waals surface area contributed by atoms with Crippen LogP contribution in [-0.2, 0) is 0 Å². The van der Waals surface area contributed by atoms with E-state index in [9.17, 15) is 0 Å². The van der Waals surface area contributed by atoms with Crippen molar-refractivity contribution in [2.75, 3.05) is 0 Å². The first-order chi connectivity index (χ1) is 25.0. The minimum absolute atomic E-state index is 0.484. The van der Waals surface area contributed by atoms with Gasteiger partial charge in [-0.3, -0.25) is 0 Å². The molecule has 0 bridgehead atoms. The highest BCUT2D eigenvalue weighted by Gasteiger charge is 2.15. The van der Waals surface area contributed by atoms with Gasteiger partial charge in [0.25, 0.3) is 0 Å². The molecule has 0 aliphatic carbocycles. The Balaban J connectivity index is 1.17. The monoisotopic (exact) mass is 674 g/mol. The van der Waals surface area contributed by atoms with Crippen LogP contribution in [0.4, 0.5) is 0 Å². The van der Waals surface area contributed by atoms with Crippen molar-refractivity contribution < 1.29 is 0 Å². The molecule has 0 nitrogen and oxygen atoms in total. The van der Waals surface area contributed by atoms with E-state index in [0.29, 0.717) is 23.7 Å². The molecule has 0 aliphatic rings. The third-order valence-electron chi connectivity index (χ3n) is 11.4. The lowest BCUT2D eigenvalue weighted by Gasteiger charge is -2.16. The van der Waals surface area contributed by atoms with Gasteiger partial charge in [-0.25, -0.2) is 0 Å². The molecular formula is C52H50. The number of fused-ring (bicyclic) bond motifs is 6. The minimum atomic E-state index is 0.484. The second-order valence-electron chi connectivity index (χ2n) is 16.2. The molecule has 0 saturated heterocycles. The van der Waals surface area contributed by atoms with Crippen LogP contribution in [0.1, 0.15) is 101 Å². The van der Waals surface area contributed by atoms with Gasteiger partial charge in [-0.05, 0) is 135 Å². The summed E-state index contributed by atoms with van der Waals surface area (Å²) in [4.78, 5) is 0. The molecule has 0 aromatic heterocycles. The van der Waals surface area contributed by atoms with E-state index in [0.717, 1.165) is 0 Å². The van der Waals surface area contributed by atoms with Gasteiger partial charge in [0.2, 0.25) is 0 Å². The van der Waals surface area contributed by atoms with Crippen LogP contribution < -0.4 is 0 Å². The Kier molecular flexibility index (Phi) is 8.75. The highest BCUT2D eigenvalue weighted by Crippen LogP contribution is 2.40. The summed E-state index contributed by atoms with van der Waals surface area (Å²) in [6.07, 6.45) is 0. The average molecular weight is 675 g/mol. The Morgan fingerprint density at radius 3 is 0.865 bits per heavy atom. The summed E-state index contributed by atoms with van der Waals surface area (Å²) in [7, 11) is 0. The molecule has 0 radical (unpaired) electrons. The van der Waals surface area contributed by atoms with Gasteiger partial charge < -0.3 is 0 Å². The zero-order chi connectivity index (χ0) is 36.3. The Labute approximate surface area is 310 Å². The van der Waals surface area contributed by atoms with Gasteiger partial charge in [-0.1, -0.05) is 177 Å². The first kappa shape index (κ1) is 33.9. The quantitative estimate of drug-likeness (QED) is 0.148. The molecule has 0 atom stereocenters. The van der Waals surface area contributed by atoms with E-state index in [4.69, 9.17) is 0 Å². The topological polar surface area (TPSA) is 0 Å². The van der Waals surface area contributed by atoms with Crippen molar-refractivity contribution in [3.8, 4) is 33.4 Å². The van der Waals surface area contributed by atoms with Gasteiger partial charge in [0.1, 0.15) is 0 Å². The standard InChI is InChI=1S/C52H50/c1-31(2)39-17-19-43-29-47(45-23-21-41(33(5)6)27-51(45)49(43)25-39)37-13-9-35(10-14-37)36-11-15-38(16-12-36)48-30-44-20-18-40(32(3)4)26-50(44)52-28-42(34(7)8)22-24-46(48)52/h9-34H,1-8H3. The molecule has 0 unspecified atom stereocenters. The van der Waals surface area contributed by atoms with Crippen LogP contribution in [0.2, 0.25) is 0 Å². The Morgan fingerprint density at radius 1 is 0.250 bits per heavy atom. The predicted molar refractivity (Wildman–Crippen MR) is 229 cm³/mol. The van der Waals surface area contributed by atoms with Gasteiger partial charge >= 0.3 is 0 Å². The third-order valence-corrected chi connectivity index (χ3v) is 11.4. The number of rotatable bonds is 7. The lowest BCUT2D eigenvalue weighted by atomic mass is 9.88. The maximum atomic E-state index is 2.43. The summed E-state index contributed by atoms with van der Waals surface area (Å²) in [5.74, 6) is 1.96. The van der Waals surface area contributed by atoms with Crippen LogP contribution in [0.3, 0.4) is 0 Å². The zero-order valence-corrected chi connectivity index (χ0v) is 32.0. The summed E-state index contributed by atoms with van der Waals surface area (Å²) >= 11 is 0. The molecule has 0 heteroatoms. The minimum Gasteiger partial charge on any atom is -0.0587 e. The zero-order valence-electron chi connectivity index (χ0n) is 32.0. The van der Waals surface area contributed by atoms with Gasteiger partial charge in [0.05, 0.1) is 0 Å². The highest BCUT2D eigenvalue weighted by molar-refractivity contribution is 6.15. The molecule has 0 N–H and O–H groups in total. The van der Waals surface area contributed by atoms with Crippen molar-refractivity contribution in [2.45, 2.75) is 79.1 Å². The molecule has 0 amide bonds. The maximum Gasteiger partial charge on any atom is -0.00962 e. The van der Waals surface area contributed by atoms with E-state index in [1.165, 1.54) is 98.7 Å². The first-order valence-corrected chi connectivity index (χ1v) is 19.3. The SMILES string of the molecule is CC(C)c1ccc2cc(-c3ccc(-c4ccc(-c5cc6ccc(C(C)C)cc6c6cc(C(C)C)ccc56)cc4)cc3)c3ccc(C(C)C)cc3c2c1. The van der Waals surface area contributed by atoms with E-state index in [1.54, 1.807) is 0 Å². The molecule has 8 rings (SSSR count). The van der Waals surface area contributed by atoms with Crippen molar-refractivity contribution in [2.24, 2.45) is 0 Å². The third kappa shape index (κ3) is 6.09. The van der Waals surface area contributed by atoms with Crippen LogP contribution in [0, 0.1) is 0 Å². The summed E-state index contributed by atoms with van der Waals surface area (Å²) in [6, 6.07) is 51.4. The average Bonchev–Trinajstić information content (AvgIpc) is 3.16. The van der Waals surface area contributed by atoms with Crippen LogP contribution in [-0.4, -0.2) is 0 Å². The second-order valence-corrected chi connectivity index (χ2v) is 16.2. The first-order valence-electron chi connectivity index (χ1n) is 19.3. The fourth-order valence-corrected chi connectivity index (χ4v) is 7.97. The van der Waals surface area contributed by atoms with Crippen LogP contribution in [0.15, 0.2) is 133 Å². The van der Waals surface area contributed by atoms with Gasteiger partial charge in [0.15, 0.2) is 0 Å². The molecule has 0 spiro atoms. The summed E-state index contributed by atoms with van der Waals surface area (Å²) < 4.78 is 0. The number of hydrogen-bond acceptors (Lipinski definition) is 0. The van der Waals surface area contributed by atoms with Crippen molar-refractivity contribution >= 4 is 43.1 Å². The molecular weight excluding hydrogens is 625 g/mol. The van der Waals surface area contributed by atoms with E-state index >= 15 is 0 Å². The fourth-order valence-electron chi connectivity index (χ4n) is 7.97. The second kappa shape index (κ2) is 13.4. The summed E-state index contributed by atoms with van der Waals surface area (Å²) in [5.41, 5.74) is 13.1. The van der Waals surface area contributed by atoms with Crippen LogP contribution in [0.5, 0.6) is 0 Å². The van der Waals surface area contributed by atoms with Gasteiger partial charge in [-0.15, -0.1) is 0 Å². The molecule has 258 valence electrons. The molecule has 0 heterocycles. The Morgan fingerprint density at radius 2 is 0.538 bits per heavy atom. The van der Waals surface area contributed by atoms with Crippen molar-refractivity contribution in [1.82, 2.24) is 0 Å². The van der Waals surface area contributed by atoms with Crippen molar-refractivity contribution in [3.05, 3.63) is 156 Å². The number of hydrogen-bond donors (Lipinski definition) is 0. The maximum absolute atomic E-state index is 2.43. The summed E-state index contributed by atoms with van der Waals surface area (Å²) in [6.45, 7) is 18.3.